The third kappa shape index (κ3) is 2.46. The minimum absolute atomic E-state index is 0.0621. The number of rotatable bonds is 2. The quantitative estimate of drug-likeness (QED) is 0.791. The van der Waals surface area contributed by atoms with Crippen LogP contribution in [0.5, 0.6) is 0 Å². The van der Waals surface area contributed by atoms with E-state index >= 15 is 0 Å². The lowest BCUT2D eigenvalue weighted by Crippen LogP contribution is -2.17. The van der Waals surface area contributed by atoms with Gasteiger partial charge in [0.1, 0.15) is 0 Å². The summed E-state index contributed by atoms with van der Waals surface area (Å²) < 4.78 is 39.5. The van der Waals surface area contributed by atoms with Crippen LogP contribution in [0.3, 0.4) is 0 Å². The molecule has 2 rings (SSSR count). The Labute approximate surface area is 98.3 Å². The molecule has 17 heavy (non-hydrogen) atoms. The van der Waals surface area contributed by atoms with Crippen molar-refractivity contribution < 1.29 is 18.3 Å². The van der Waals surface area contributed by atoms with Gasteiger partial charge in [-0.05, 0) is 49.1 Å². The highest BCUT2D eigenvalue weighted by molar-refractivity contribution is 5.24. The van der Waals surface area contributed by atoms with E-state index in [0.29, 0.717) is 12.8 Å². The Hall–Kier alpha value is -1.03. The SMILES string of the molecule is OCC1CCC(c2ccc(F)c(F)c2F)CC1. The molecule has 1 aliphatic carbocycles. The summed E-state index contributed by atoms with van der Waals surface area (Å²) in [5.41, 5.74) is 0.264. The molecule has 0 spiro atoms. The molecular formula is C13H15F3O. The van der Waals surface area contributed by atoms with Crippen LogP contribution in [0.15, 0.2) is 12.1 Å². The lowest BCUT2D eigenvalue weighted by molar-refractivity contribution is 0.181. The van der Waals surface area contributed by atoms with Crippen LogP contribution in [0.25, 0.3) is 0 Å². The maximum absolute atomic E-state index is 13.6. The first-order chi connectivity index (χ1) is 8.13. The molecule has 1 aromatic rings. The second-order valence-corrected chi connectivity index (χ2v) is 4.66. The predicted molar refractivity (Wildman–Crippen MR) is 58.1 cm³/mol. The van der Waals surface area contributed by atoms with Gasteiger partial charge in [0.25, 0.3) is 0 Å². The summed E-state index contributed by atoms with van der Waals surface area (Å²) in [4.78, 5) is 0. The molecule has 1 N–H and O–H groups in total. The molecule has 0 bridgehead atoms. The molecule has 0 aliphatic heterocycles. The Morgan fingerprint density at radius 1 is 1.00 bits per heavy atom. The molecule has 0 amide bonds. The third-order valence-electron chi connectivity index (χ3n) is 3.61. The van der Waals surface area contributed by atoms with E-state index in [2.05, 4.69) is 0 Å². The van der Waals surface area contributed by atoms with Gasteiger partial charge >= 0.3 is 0 Å². The van der Waals surface area contributed by atoms with Crippen LogP contribution >= 0.6 is 0 Å². The molecule has 1 aromatic carbocycles. The molecule has 0 atom stereocenters. The van der Waals surface area contributed by atoms with E-state index in [1.54, 1.807) is 0 Å². The fraction of sp³-hybridized carbons (Fsp3) is 0.538. The summed E-state index contributed by atoms with van der Waals surface area (Å²) in [6, 6.07) is 2.31. The number of hydrogen-bond acceptors (Lipinski definition) is 1. The van der Waals surface area contributed by atoms with Crippen LogP contribution in [0, 0.1) is 23.4 Å². The number of aliphatic hydroxyl groups is 1. The van der Waals surface area contributed by atoms with Crippen LogP contribution in [-0.2, 0) is 0 Å². The van der Waals surface area contributed by atoms with Crippen molar-refractivity contribution in [2.75, 3.05) is 6.61 Å². The molecule has 0 unspecified atom stereocenters. The topological polar surface area (TPSA) is 20.2 Å². The number of aliphatic hydroxyl groups excluding tert-OH is 1. The predicted octanol–water partition coefficient (Wildman–Crippen LogP) is 3.37. The van der Waals surface area contributed by atoms with Crippen LogP contribution in [0.2, 0.25) is 0 Å². The maximum atomic E-state index is 13.6. The van der Waals surface area contributed by atoms with Gasteiger partial charge in [-0.1, -0.05) is 6.07 Å². The van der Waals surface area contributed by atoms with Gasteiger partial charge in [-0.25, -0.2) is 13.2 Å². The van der Waals surface area contributed by atoms with E-state index in [0.717, 1.165) is 18.9 Å². The normalized spacial score (nSPS) is 24.9. The van der Waals surface area contributed by atoms with E-state index in [1.165, 1.54) is 6.07 Å². The zero-order valence-electron chi connectivity index (χ0n) is 9.43. The lowest BCUT2D eigenvalue weighted by Gasteiger charge is -2.27. The molecule has 4 heteroatoms. The van der Waals surface area contributed by atoms with Gasteiger partial charge in [-0.3, -0.25) is 0 Å². The summed E-state index contributed by atoms with van der Waals surface area (Å²) in [6.45, 7) is 0.146. The van der Waals surface area contributed by atoms with E-state index in [4.69, 9.17) is 5.11 Å². The highest BCUT2D eigenvalue weighted by Gasteiger charge is 2.25. The first-order valence-electron chi connectivity index (χ1n) is 5.87. The summed E-state index contributed by atoms with van der Waals surface area (Å²) >= 11 is 0. The minimum atomic E-state index is -1.38. The van der Waals surface area contributed by atoms with Crippen molar-refractivity contribution in [2.24, 2.45) is 5.92 Å². The van der Waals surface area contributed by atoms with Gasteiger partial charge in [-0.15, -0.1) is 0 Å². The van der Waals surface area contributed by atoms with E-state index in [9.17, 15) is 13.2 Å². The van der Waals surface area contributed by atoms with E-state index in [-0.39, 0.29) is 24.0 Å². The maximum Gasteiger partial charge on any atom is 0.194 e. The van der Waals surface area contributed by atoms with Crippen molar-refractivity contribution in [1.82, 2.24) is 0 Å². The highest BCUT2D eigenvalue weighted by atomic mass is 19.2. The van der Waals surface area contributed by atoms with Crippen LogP contribution < -0.4 is 0 Å². The van der Waals surface area contributed by atoms with Gasteiger partial charge < -0.3 is 5.11 Å². The fourth-order valence-electron chi connectivity index (χ4n) is 2.51. The van der Waals surface area contributed by atoms with Gasteiger partial charge in [-0.2, -0.15) is 0 Å². The lowest BCUT2D eigenvalue weighted by atomic mass is 9.79. The number of benzene rings is 1. The molecule has 1 fully saturated rings. The van der Waals surface area contributed by atoms with Crippen LogP contribution in [0.1, 0.15) is 37.2 Å². The summed E-state index contributed by atoms with van der Waals surface area (Å²) in [5.74, 6) is -3.38. The monoisotopic (exact) mass is 244 g/mol. The van der Waals surface area contributed by atoms with Crippen molar-refractivity contribution >= 4 is 0 Å². The zero-order valence-corrected chi connectivity index (χ0v) is 9.43. The standard InChI is InChI=1S/C13H15F3O/c14-11-6-5-10(12(15)13(11)16)9-3-1-8(7-17)2-4-9/h5-6,8-9,17H,1-4,7H2. The molecular weight excluding hydrogens is 229 g/mol. The molecule has 1 aliphatic rings. The molecule has 0 aromatic heterocycles. The second kappa shape index (κ2) is 5.08. The van der Waals surface area contributed by atoms with Gasteiger partial charge in [0.05, 0.1) is 0 Å². The Morgan fingerprint density at radius 3 is 2.24 bits per heavy atom. The smallest absolute Gasteiger partial charge is 0.194 e. The Balaban J connectivity index is 2.16. The molecule has 94 valence electrons. The van der Waals surface area contributed by atoms with E-state index < -0.39 is 17.5 Å². The molecule has 1 saturated carbocycles. The van der Waals surface area contributed by atoms with Crippen LogP contribution in [-0.4, -0.2) is 11.7 Å². The fourth-order valence-corrected chi connectivity index (χ4v) is 2.51. The molecule has 0 saturated heterocycles. The zero-order chi connectivity index (χ0) is 12.4. The average Bonchev–Trinajstić information content (AvgIpc) is 2.36. The first-order valence-corrected chi connectivity index (χ1v) is 5.87. The van der Waals surface area contributed by atoms with Gasteiger partial charge in [0, 0.05) is 6.61 Å². The number of halogens is 3. The molecule has 0 heterocycles. The van der Waals surface area contributed by atoms with Crippen molar-refractivity contribution in [3.8, 4) is 0 Å². The second-order valence-electron chi connectivity index (χ2n) is 4.66. The van der Waals surface area contributed by atoms with E-state index in [1.807, 2.05) is 0 Å². The van der Waals surface area contributed by atoms with Crippen LogP contribution in [0.4, 0.5) is 13.2 Å². The largest absolute Gasteiger partial charge is 0.396 e. The van der Waals surface area contributed by atoms with Crippen molar-refractivity contribution in [3.63, 3.8) is 0 Å². The van der Waals surface area contributed by atoms with Crippen molar-refractivity contribution in [1.29, 1.82) is 0 Å². The number of hydrogen-bond donors (Lipinski definition) is 1. The summed E-state index contributed by atoms with van der Waals surface area (Å²) in [6.07, 6.45) is 3.04. The molecule has 1 nitrogen and oxygen atoms in total. The Morgan fingerprint density at radius 2 is 1.65 bits per heavy atom. The van der Waals surface area contributed by atoms with Gasteiger partial charge in [0.15, 0.2) is 17.5 Å². The third-order valence-corrected chi connectivity index (χ3v) is 3.61. The van der Waals surface area contributed by atoms with Gasteiger partial charge in [0.2, 0.25) is 0 Å². The van der Waals surface area contributed by atoms with Crippen molar-refractivity contribution in [3.05, 3.63) is 35.1 Å². The summed E-state index contributed by atoms with van der Waals surface area (Å²) in [5, 5.41) is 9.00. The molecule has 0 radical (unpaired) electrons. The Kier molecular flexibility index (Phi) is 3.72. The first kappa shape index (κ1) is 12.4. The Bertz CT molecular complexity index is 398. The minimum Gasteiger partial charge on any atom is -0.396 e. The average molecular weight is 244 g/mol. The highest BCUT2D eigenvalue weighted by Crippen LogP contribution is 2.37. The summed E-state index contributed by atoms with van der Waals surface area (Å²) in [7, 11) is 0. The van der Waals surface area contributed by atoms with Crippen molar-refractivity contribution in [2.45, 2.75) is 31.6 Å².